The molecule has 2 atom stereocenters. The van der Waals surface area contributed by atoms with E-state index in [-0.39, 0.29) is 46.3 Å². The number of nitrogens with zero attached hydrogens (tertiary/aromatic N) is 8. The molecule has 48 heavy (non-hydrogen) atoms. The van der Waals surface area contributed by atoms with Gasteiger partial charge >= 0.3 is 0 Å². The lowest BCUT2D eigenvalue weighted by molar-refractivity contribution is 0.0974. The number of pyridine rings is 1. The molecule has 6 heterocycles. The number of ether oxygens (including phenoxy) is 1. The van der Waals surface area contributed by atoms with Gasteiger partial charge in [-0.2, -0.15) is 0 Å². The van der Waals surface area contributed by atoms with Gasteiger partial charge in [0.1, 0.15) is 33.7 Å². The van der Waals surface area contributed by atoms with Crippen LogP contribution >= 0.6 is 23.4 Å². The highest BCUT2D eigenvalue weighted by Gasteiger charge is 2.47. The van der Waals surface area contributed by atoms with Crippen LogP contribution in [0, 0.1) is 24.0 Å². The van der Waals surface area contributed by atoms with Gasteiger partial charge in [0.05, 0.1) is 46.7 Å². The standard InChI is InChI=1S/C33H35ClF2N10OS/c1-17(2)46-19(4)42-30-22(35)9-20(10-24(30)46)29-23(36)12-41-32(44-29)43-26-11-21(34)25(13-38-26)48-28-15-39-27(14-40-28)45-7-5-33(6-8-45)16-47-18(3)31(33)37/h9-15,17-18,31H,5-8,16,37H2,1-4H3,(H,38,41,43,44)/t18-,31+/m0/s1. The van der Waals surface area contributed by atoms with Gasteiger partial charge in [0, 0.05) is 48.4 Å². The van der Waals surface area contributed by atoms with Crippen LogP contribution in [0.15, 0.2) is 52.9 Å². The van der Waals surface area contributed by atoms with Crippen molar-refractivity contribution in [1.82, 2.24) is 34.5 Å². The molecule has 2 aliphatic heterocycles. The van der Waals surface area contributed by atoms with Crippen LogP contribution in [0.4, 0.5) is 26.4 Å². The summed E-state index contributed by atoms with van der Waals surface area (Å²) in [6.07, 6.45) is 8.15. The van der Waals surface area contributed by atoms with Crippen molar-refractivity contribution >= 4 is 52.0 Å². The van der Waals surface area contributed by atoms with Gasteiger partial charge in [-0.3, -0.25) is 0 Å². The van der Waals surface area contributed by atoms with E-state index in [9.17, 15) is 4.39 Å². The first-order valence-corrected chi connectivity index (χ1v) is 17.0. The zero-order chi connectivity index (χ0) is 33.7. The second kappa shape index (κ2) is 12.8. The summed E-state index contributed by atoms with van der Waals surface area (Å²) in [6.45, 7) is 10.2. The van der Waals surface area contributed by atoms with E-state index in [1.54, 1.807) is 30.7 Å². The van der Waals surface area contributed by atoms with Crippen LogP contribution in [0.25, 0.3) is 22.3 Å². The van der Waals surface area contributed by atoms with Gasteiger partial charge in [0.15, 0.2) is 11.6 Å². The monoisotopic (exact) mass is 692 g/mol. The molecule has 11 nitrogen and oxygen atoms in total. The highest BCUT2D eigenvalue weighted by Crippen LogP contribution is 2.42. The number of aromatic nitrogens is 7. The summed E-state index contributed by atoms with van der Waals surface area (Å²) in [5, 5.41) is 4.06. The molecule has 1 spiro atoms. The number of benzene rings is 1. The number of nitrogens with one attached hydrogen (secondary N) is 1. The van der Waals surface area contributed by atoms with Crippen LogP contribution in [-0.2, 0) is 4.74 Å². The Kier molecular flexibility index (Phi) is 8.69. The SMILES string of the molecule is Cc1nc2c(F)cc(-c3nc(Nc4cc(Cl)c(Sc5cnc(N6CCC7(CC6)CO[C@@H](C)[C@H]7N)cn5)cn4)ncc3F)cc2n1C(C)C. The molecule has 7 rings (SSSR count). The molecule has 0 aliphatic carbocycles. The van der Waals surface area contributed by atoms with Gasteiger partial charge in [-0.15, -0.1) is 0 Å². The highest BCUT2D eigenvalue weighted by atomic mass is 35.5. The second-order valence-electron chi connectivity index (χ2n) is 12.7. The minimum Gasteiger partial charge on any atom is -0.376 e. The lowest BCUT2D eigenvalue weighted by Crippen LogP contribution is -2.50. The lowest BCUT2D eigenvalue weighted by atomic mass is 9.73. The number of imidazole rings is 1. The van der Waals surface area contributed by atoms with Gasteiger partial charge in [-0.25, -0.2) is 38.7 Å². The van der Waals surface area contributed by atoms with Crippen molar-refractivity contribution in [2.75, 3.05) is 29.9 Å². The number of anilines is 3. The van der Waals surface area contributed by atoms with Crippen LogP contribution in [0.2, 0.25) is 5.02 Å². The first-order chi connectivity index (χ1) is 23.0. The molecule has 5 aromatic rings. The average molecular weight is 693 g/mol. The molecular weight excluding hydrogens is 658 g/mol. The highest BCUT2D eigenvalue weighted by molar-refractivity contribution is 7.99. The number of rotatable bonds is 7. The fraction of sp³-hybridized carbons (Fsp3) is 0.394. The Morgan fingerprint density at radius 2 is 1.81 bits per heavy atom. The fourth-order valence-corrected chi connectivity index (χ4v) is 7.62. The Morgan fingerprint density at radius 1 is 1.02 bits per heavy atom. The summed E-state index contributed by atoms with van der Waals surface area (Å²) < 4.78 is 37.8. The van der Waals surface area contributed by atoms with Gasteiger partial charge in [0.2, 0.25) is 5.95 Å². The topological polar surface area (TPSA) is 133 Å². The van der Waals surface area contributed by atoms with E-state index in [0.29, 0.717) is 32.1 Å². The number of fused-ring (bicyclic) bond motifs is 1. The maximum atomic E-state index is 15.1. The Bertz CT molecular complexity index is 1980. The van der Waals surface area contributed by atoms with Crippen molar-refractivity contribution in [1.29, 1.82) is 0 Å². The number of hydrogen-bond donors (Lipinski definition) is 2. The van der Waals surface area contributed by atoms with E-state index in [2.05, 4.69) is 40.1 Å². The molecular formula is C33H35ClF2N10OS. The van der Waals surface area contributed by atoms with Crippen LogP contribution in [0.1, 0.15) is 45.5 Å². The molecule has 2 saturated heterocycles. The quantitative estimate of drug-likeness (QED) is 0.188. The van der Waals surface area contributed by atoms with Crippen molar-refractivity contribution in [3.05, 3.63) is 65.5 Å². The third kappa shape index (κ3) is 6.06. The Hall–Kier alpha value is -3.98. The predicted molar refractivity (Wildman–Crippen MR) is 182 cm³/mol. The van der Waals surface area contributed by atoms with E-state index < -0.39 is 11.6 Å². The van der Waals surface area contributed by atoms with E-state index in [1.165, 1.54) is 17.8 Å². The molecule has 4 aromatic heterocycles. The smallest absolute Gasteiger partial charge is 0.229 e. The van der Waals surface area contributed by atoms with Gasteiger partial charge in [0.25, 0.3) is 0 Å². The molecule has 250 valence electrons. The van der Waals surface area contributed by atoms with Crippen LogP contribution < -0.4 is 16.0 Å². The zero-order valence-corrected chi connectivity index (χ0v) is 28.5. The number of piperidine rings is 1. The third-order valence-corrected chi connectivity index (χ3v) is 10.7. The van der Waals surface area contributed by atoms with Crippen molar-refractivity contribution in [3.8, 4) is 11.3 Å². The van der Waals surface area contributed by atoms with Gasteiger partial charge in [-0.05, 0) is 52.7 Å². The van der Waals surface area contributed by atoms with Crippen LogP contribution in [0.3, 0.4) is 0 Å². The Labute approximate surface area is 285 Å². The summed E-state index contributed by atoms with van der Waals surface area (Å²) in [5.74, 6) is 0.664. The molecule has 0 saturated carbocycles. The van der Waals surface area contributed by atoms with Gasteiger partial charge < -0.3 is 25.3 Å². The zero-order valence-electron chi connectivity index (χ0n) is 26.9. The molecule has 0 amide bonds. The first-order valence-electron chi connectivity index (χ1n) is 15.8. The number of hydrogen-bond acceptors (Lipinski definition) is 11. The molecule has 0 radical (unpaired) electrons. The minimum atomic E-state index is -0.692. The molecule has 2 aliphatic rings. The molecule has 1 aromatic carbocycles. The maximum absolute atomic E-state index is 15.1. The van der Waals surface area contributed by atoms with E-state index >= 15 is 4.39 Å². The van der Waals surface area contributed by atoms with Crippen molar-refractivity contribution < 1.29 is 13.5 Å². The number of aryl methyl sites for hydroxylation is 1. The van der Waals surface area contributed by atoms with Crippen molar-refractivity contribution in [3.63, 3.8) is 0 Å². The summed E-state index contributed by atoms with van der Waals surface area (Å²) >= 11 is 7.96. The maximum Gasteiger partial charge on any atom is 0.229 e. The Morgan fingerprint density at radius 3 is 2.48 bits per heavy atom. The van der Waals surface area contributed by atoms with Crippen LogP contribution in [-0.4, -0.2) is 66.3 Å². The largest absolute Gasteiger partial charge is 0.376 e. The number of nitrogens with two attached hydrogens (primary N) is 1. The van der Waals surface area contributed by atoms with Crippen molar-refractivity contribution in [2.45, 2.75) is 68.6 Å². The molecule has 15 heteroatoms. The molecule has 0 bridgehead atoms. The third-order valence-electron chi connectivity index (χ3n) is 9.28. The minimum absolute atomic E-state index is 0.0325. The molecule has 0 unspecified atom stereocenters. The van der Waals surface area contributed by atoms with E-state index in [1.807, 2.05) is 32.3 Å². The predicted octanol–water partition coefficient (Wildman–Crippen LogP) is 6.73. The normalized spacial score (nSPS) is 19.1. The number of halogens is 3. The Balaban J connectivity index is 1.03. The average Bonchev–Trinajstić information content (AvgIpc) is 3.55. The molecule has 2 fully saturated rings. The summed E-state index contributed by atoms with van der Waals surface area (Å²) in [5.41, 5.74) is 7.50. The van der Waals surface area contributed by atoms with Gasteiger partial charge in [-0.1, -0.05) is 23.4 Å². The lowest BCUT2D eigenvalue weighted by Gasteiger charge is -2.41. The van der Waals surface area contributed by atoms with Crippen molar-refractivity contribution in [2.24, 2.45) is 11.1 Å². The van der Waals surface area contributed by atoms with E-state index in [4.69, 9.17) is 22.1 Å². The summed E-state index contributed by atoms with van der Waals surface area (Å²) in [4.78, 5) is 29.4. The second-order valence-corrected chi connectivity index (χ2v) is 14.1. The van der Waals surface area contributed by atoms with Crippen LogP contribution in [0.5, 0.6) is 0 Å². The van der Waals surface area contributed by atoms with E-state index in [0.717, 1.165) is 44.6 Å². The summed E-state index contributed by atoms with van der Waals surface area (Å²) in [6, 6.07) is 4.63. The summed E-state index contributed by atoms with van der Waals surface area (Å²) in [7, 11) is 0. The first kappa shape index (κ1) is 32.6. The fourth-order valence-electron chi connectivity index (χ4n) is 6.66. The molecule has 3 N–H and O–H groups in total.